The average molecular weight is 330 g/mol. The van der Waals surface area contributed by atoms with Gasteiger partial charge >= 0.3 is 0 Å². The summed E-state index contributed by atoms with van der Waals surface area (Å²) in [6.45, 7) is 0. The van der Waals surface area contributed by atoms with Gasteiger partial charge in [0.1, 0.15) is 11.4 Å². The maximum Gasteiger partial charge on any atom is 0.237 e. The molecule has 0 spiro atoms. The summed E-state index contributed by atoms with van der Waals surface area (Å²) in [7, 11) is 1.86. The second-order valence-electron chi connectivity index (χ2n) is 4.46. The molecule has 22 heavy (non-hydrogen) atoms. The Balaban J connectivity index is 1.55. The Labute approximate surface area is 133 Å². The Hall–Kier alpha value is -2.26. The summed E-state index contributed by atoms with van der Waals surface area (Å²) in [5, 5.41) is 12.0. The third-order valence-corrected chi connectivity index (χ3v) is 4.89. The predicted octanol–water partition coefficient (Wildman–Crippen LogP) is 2.77. The van der Waals surface area contributed by atoms with Crippen LogP contribution in [0, 0.1) is 0 Å². The molecule has 0 radical (unpaired) electrons. The Kier molecular flexibility index (Phi) is 3.35. The van der Waals surface area contributed by atoms with Crippen LogP contribution in [-0.4, -0.2) is 29.9 Å². The summed E-state index contributed by atoms with van der Waals surface area (Å²) >= 11 is 3.11. The molecule has 0 aliphatic heterocycles. The van der Waals surface area contributed by atoms with Gasteiger partial charge in [0.2, 0.25) is 11.7 Å². The number of hydrogen-bond acceptors (Lipinski definition) is 8. The molecule has 0 atom stereocenters. The van der Waals surface area contributed by atoms with Gasteiger partial charge in [-0.1, -0.05) is 23.0 Å². The predicted molar refractivity (Wildman–Crippen MR) is 83.5 cm³/mol. The fourth-order valence-electron chi connectivity index (χ4n) is 2.01. The highest BCUT2D eigenvalue weighted by atomic mass is 32.2. The van der Waals surface area contributed by atoms with Crippen molar-refractivity contribution in [1.29, 1.82) is 0 Å². The molecular weight excluding hydrogens is 320 g/mol. The molecule has 4 aromatic rings. The van der Waals surface area contributed by atoms with E-state index in [1.54, 1.807) is 22.2 Å². The average Bonchev–Trinajstić information content (AvgIpc) is 3.26. The van der Waals surface area contributed by atoms with Crippen LogP contribution < -0.4 is 0 Å². The van der Waals surface area contributed by atoms with Crippen LogP contribution in [0.5, 0.6) is 0 Å². The summed E-state index contributed by atoms with van der Waals surface area (Å²) in [5.74, 6) is 1.75. The van der Waals surface area contributed by atoms with E-state index in [1.165, 1.54) is 18.1 Å². The van der Waals surface area contributed by atoms with Crippen molar-refractivity contribution in [3.05, 3.63) is 35.9 Å². The van der Waals surface area contributed by atoms with Crippen molar-refractivity contribution in [2.24, 2.45) is 7.05 Å². The SMILES string of the molecule is Cn1ncc2c(SCc3nc(-c4cccs4)no3)ncnc21. The summed E-state index contributed by atoms with van der Waals surface area (Å²) in [5.41, 5.74) is 0.808. The van der Waals surface area contributed by atoms with Crippen LogP contribution in [0.2, 0.25) is 0 Å². The first kappa shape index (κ1) is 13.4. The van der Waals surface area contributed by atoms with Gasteiger partial charge in [0.25, 0.3) is 0 Å². The standard InChI is InChI=1S/C13H10N6OS2/c1-19-12-8(5-16-19)13(15-7-14-12)22-6-10-17-11(18-20-10)9-3-2-4-21-9/h2-5,7H,6H2,1H3. The van der Waals surface area contributed by atoms with E-state index in [0.717, 1.165) is 20.9 Å². The minimum absolute atomic E-state index is 0.555. The van der Waals surface area contributed by atoms with Gasteiger partial charge < -0.3 is 4.52 Å². The van der Waals surface area contributed by atoms with Crippen molar-refractivity contribution in [3.8, 4) is 10.7 Å². The number of thiophene rings is 1. The summed E-state index contributed by atoms with van der Waals surface area (Å²) in [6.07, 6.45) is 3.31. The van der Waals surface area contributed by atoms with Crippen LogP contribution >= 0.6 is 23.1 Å². The number of nitrogens with zero attached hydrogens (tertiary/aromatic N) is 6. The Morgan fingerprint density at radius 1 is 1.36 bits per heavy atom. The van der Waals surface area contributed by atoms with Crippen molar-refractivity contribution in [3.63, 3.8) is 0 Å². The zero-order valence-corrected chi connectivity index (χ0v) is 13.1. The molecule has 0 saturated carbocycles. The van der Waals surface area contributed by atoms with E-state index in [2.05, 4.69) is 25.2 Å². The quantitative estimate of drug-likeness (QED) is 0.420. The Bertz CT molecular complexity index is 914. The lowest BCUT2D eigenvalue weighted by Crippen LogP contribution is -1.93. The lowest BCUT2D eigenvalue weighted by atomic mass is 10.4. The highest BCUT2D eigenvalue weighted by Crippen LogP contribution is 2.28. The van der Waals surface area contributed by atoms with Crippen molar-refractivity contribution in [1.82, 2.24) is 29.9 Å². The molecule has 0 unspecified atom stereocenters. The smallest absolute Gasteiger partial charge is 0.237 e. The highest BCUT2D eigenvalue weighted by Gasteiger charge is 2.12. The number of thioether (sulfide) groups is 1. The Morgan fingerprint density at radius 2 is 2.32 bits per heavy atom. The maximum atomic E-state index is 5.29. The molecule has 0 amide bonds. The molecule has 9 heteroatoms. The molecule has 0 N–H and O–H groups in total. The van der Waals surface area contributed by atoms with Gasteiger partial charge in [0, 0.05) is 7.05 Å². The van der Waals surface area contributed by atoms with E-state index >= 15 is 0 Å². The molecule has 0 aromatic carbocycles. The molecule has 4 heterocycles. The van der Waals surface area contributed by atoms with Crippen LogP contribution in [0.15, 0.2) is 39.6 Å². The molecule has 0 saturated heterocycles. The van der Waals surface area contributed by atoms with E-state index < -0.39 is 0 Å². The lowest BCUT2D eigenvalue weighted by molar-refractivity contribution is 0.392. The maximum absolute atomic E-state index is 5.29. The molecule has 0 aliphatic carbocycles. The number of rotatable bonds is 4. The largest absolute Gasteiger partial charge is 0.338 e. The van der Waals surface area contributed by atoms with Crippen molar-refractivity contribution in [2.75, 3.05) is 0 Å². The van der Waals surface area contributed by atoms with Gasteiger partial charge in [-0.2, -0.15) is 10.1 Å². The van der Waals surface area contributed by atoms with Crippen LogP contribution in [0.1, 0.15) is 5.89 Å². The number of aromatic nitrogens is 6. The molecule has 0 fully saturated rings. The molecule has 0 aliphatic rings. The zero-order chi connectivity index (χ0) is 14.9. The molecular formula is C13H10N6OS2. The molecule has 4 aromatic heterocycles. The van der Waals surface area contributed by atoms with Crippen molar-refractivity contribution in [2.45, 2.75) is 10.8 Å². The van der Waals surface area contributed by atoms with Gasteiger partial charge in [-0.15, -0.1) is 11.3 Å². The molecule has 4 rings (SSSR count). The number of aryl methyl sites for hydroxylation is 1. The van der Waals surface area contributed by atoms with Gasteiger partial charge in [0.05, 0.1) is 22.2 Å². The first-order valence-corrected chi connectivity index (χ1v) is 8.30. The lowest BCUT2D eigenvalue weighted by Gasteiger charge is -1.99. The van der Waals surface area contributed by atoms with E-state index in [-0.39, 0.29) is 0 Å². The summed E-state index contributed by atoms with van der Waals surface area (Å²) in [4.78, 5) is 13.9. The fraction of sp³-hybridized carbons (Fsp3) is 0.154. The van der Waals surface area contributed by atoms with E-state index in [9.17, 15) is 0 Å². The highest BCUT2D eigenvalue weighted by molar-refractivity contribution is 7.98. The number of hydrogen-bond donors (Lipinski definition) is 0. The molecule has 7 nitrogen and oxygen atoms in total. The monoisotopic (exact) mass is 330 g/mol. The second-order valence-corrected chi connectivity index (χ2v) is 6.37. The fourth-order valence-corrected chi connectivity index (χ4v) is 3.45. The van der Waals surface area contributed by atoms with Crippen LogP contribution in [0.25, 0.3) is 21.7 Å². The second kappa shape index (κ2) is 5.50. The zero-order valence-electron chi connectivity index (χ0n) is 11.5. The first-order chi connectivity index (χ1) is 10.8. The van der Waals surface area contributed by atoms with Crippen LogP contribution in [-0.2, 0) is 12.8 Å². The van der Waals surface area contributed by atoms with Gasteiger partial charge in [-0.05, 0) is 11.4 Å². The third kappa shape index (κ3) is 2.38. The van der Waals surface area contributed by atoms with Crippen LogP contribution in [0.3, 0.4) is 0 Å². The first-order valence-electron chi connectivity index (χ1n) is 6.43. The van der Waals surface area contributed by atoms with Gasteiger partial charge in [-0.3, -0.25) is 4.68 Å². The van der Waals surface area contributed by atoms with Crippen molar-refractivity contribution >= 4 is 34.1 Å². The van der Waals surface area contributed by atoms with E-state index in [4.69, 9.17) is 4.52 Å². The van der Waals surface area contributed by atoms with E-state index in [1.807, 2.05) is 24.6 Å². The Morgan fingerprint density at radius 3 is 3.18 bits per heavy atom. The van der Waals surface area contributed by atoms with Gasteiger partial charge in [-0.25, -0.2) is 9.97 Å². The van der Waals surface area contributed by atoms with Crippen molar-refractivity contribution < 1.29 is 4.52 Å². The topological polar surface area (TPSA) is 82.5 Å². The van der Waals surface area contributed by atoms with E-state index in [0.29, 0.717) is 17.5 Å². The summed E-state index contributed by atoms with van der Waals surface area (Å²) < 4.78 is 7.01. The van der Waals surface area contributed by atoms with Crippen LogP contribution in [0.4, 0.5) is 0 Å². The number of fused-ring (bicyclic) bond motifs is 1. The molecule has 0 bridgehead atoms. The molecule has 110 valence electrons. The minimum atomic E-state index is 0.555. The third-order valence-electron chi connectivity index (χ3n) is 3.03. The van der Waals surface area contributed by atoms with Gasteiger partial charge in [0.15, 0.2) is 5.65 Å². The summed E-state index contributed by atoms with van der Waals surface area (Å²) in [6, 6.07) is 3.93. The minimum Gasteiger partial charge on any atom is -0.338 e. The normalized spacial score (nSPS) is 11.3.